The molecular formula is C21H26F3N3O2. The summed E-state index contributed by atoms with van der Waals surface area (Å²) in [6, 6.07) is 15.0. The van der Waals surface area contributed by atoms with Gasteiger partial charge in [-0.25, -0.2) is 0 Å². The van der Waals surface area contributed by atoms with Crippen molar-refractivity contribution in [3.63, 3.8) is 0 Å². The lowest BCUT2D eigenvalue weighted by atomic mass is 10.1. The van der Waals surface area contributed by atoms with Gasteiger partial charge >= 0.3 is 6.18 Å². The first-order valence-electron chi connectivity index (χ1n) is 9.29. The second-order valence-corrected chi connectivity index (χ2v) is 6.24. The molecule has 0 amide bonds. The Morgan fingerprint density at radius 2 is 1.62 bits per heavy atom. The number of nitrogens with one attached hydrogen (secondary N) is 2. The lowest BCUT2D eigenvalue weighted by molar-refractivity contribution is -0.176. The lowest BCUT2D eigenvalue weighted by Gasteiger charge is -2.14. The van der Waals surface area contributed by atoms with E-state index in [0.717, 1.165) is 16.9 Å². The minimum Gasteiger partial charge on any atom is -0.494 e. The first-order chi connectivity index (χ1) is 13.9. The Morgan fingerprint density at radius 3 is 2.28 bits per heavy atom. The number of halogens is 3. The van der Waals surface area contributed by atoms with E-state index in [9.17, 15) is 13.2 Å². The van der Waals surface area contributed by atoms with Gasteiger partial charge in [0, 0.05) is 25.7 Å². The van der Waals surface area contributed by atoms with Crippen molar-refractivity contribution in [1.82, 2.24) is 10.6 Å². The van der Waals surface area contributed by atoms with Crippen molar-refractivity contribution in [2.75, 3.05) is 20.3 Å². The van der Waals surface area contributed by atoms with Crippen LogP contribution in [0.15, 0.2) is 53.5 Å². The molecule has 5 nitrogen and oxygen atoms in total. The Bertz CT molecular complexity index is 777. The monoisotopic (exact) mass is 409 g/mol. The molecule has 2 rings (SSSR count). The number of benzene rings is 2. The third-order valence-corrected chi connectivity index (χ3v) is 3.96. The summed E-state index contributed by atoms with van der Waals surface area (Å²) < 4.78 is 46.6. The molecule has 0 aromatic heterocycles. The number of hydrogen-bond donors (Lipinski definition) is 2. The van der Waals surface area contributed by atoms with E-state index < -0.39 is 12.8 Å². The van der Waals surface area contributed by atoms with E-state index in [1.807, 2.05) is 43.3 Å². The third kappa shape index (κ3) is 8.43. The standard InChI is InChI=1S/C21H26F3N3O2/c1-3-29-19-7-5-4-6-18(19)13-27-20(25-2)26-12-16-8-10-17(11-9-16)14-28-15-21(22,23)24/h4-11H,3,12-15H2,1-2H3,(H2,25,26,27). The van der Waals surface area contributed by atoms with Gasteiger partial charge in [-0.05, 0) is 24.1 Å². The van der Waals surface area contributed by atoms with Crippen LogP contribution in [0.2, 0.25) is 0 Å². The summed E-state index contributed by atoms with van der Waals surface area (Å²) in [5.74, 6) is 1.47. The minimum absolute atomic E-state index is 0.0737. The molecule has 29 heavy (non-hydrogen) atoms. The molecule has 0 radical (unpaired) electrons. The summed E-state index contributed by atoms with van der Waals surface area (Å²) in [4.78, 5) is 4.20. The van der Waals surface area contributed by atoms with Crippen molar-refractivity contribution in [2.45, 2.75) is 32.8 Å². The Balaban J connectivity index is 1.80. The molecule has 0 saturated heterocycles. The minimum atomic E-state index is -4.31. The molecule has 8 heteroatoms. The molecule has 0 heterocycles. The van der Waals surface area contributed by atoms with Crippen molar-refractivity contribution in [2.24, 2.45) is 4.99 Å². The summed E-state index contributed by atoms with van der Waals surface area (Å²) in [6.07, 6.45) is -4.31. The number of nitrogens with zero attached hydrogens (tertiary/aromatic N) is 1. The van der Waals surface area contributed by atoms with Crippen LogP contribution < -0.4 is 15.4 Å². The van der Waals surface area contributed by atoms with Gasteiger partial charge in [-0.2, -0.15) is 13.2 Å². The smallest absolute Gasteiger partial charge is 0.411 e. The van der Waals surface area contributed by atoms with E-state index in [1.165, 1.54) is 0 Å². The largest absolute Gasteiger partial charge is 0.494 e. The van der Waals surface area contributed by atoms with Crippen LogP contribution >= 0.6 is 0 Å². The topological polar surface area (TPSA) is 54.9 Å². The highest BCUT2D eigenvalue weighted by atomic mass is 19.4. The molecule has 0 aliphatic rings. The quantitative estimate of drug-likeness (QED) is 0.485. The average molecular weight is 409 g/mol. The van der Waals surface area contributed by atoms with E-state index >= 15 is 0 Å². The van der Waals surface area contributed by atoms with Crippen LogP contribution in [-0.2, 0) is 24.4 Å². The van der Waals surface area contributed by atoms with E-state index in [4.69, 9.17) is 4.74 Å². The van der Waals surface area contributed by atoms with Crippen molar-refractivity contribution >= 4 is 5.96 Å². The third-order valence-electron chi connectivity index (χ3n) is 3.96. The molecule has 158 valence electrons. The number of aliphatic imine (C=N–C) groups is 1. The van der Waals surface area contributed by atoms with Crippen molar-refractivity contribution in [3.05, 3.63) is 65.2 Å². The molecule has 0 atom stereocenters. The normalized spacial score (nSPS) is 12.0. The second-order valence-electron chi connectivity index (χ2n) is 6.24. The Hall–Kier alpha value is -2.74. The van der Waals surface area contributed by atoms with Crippen LogP contribution in [-0.4, -0.2) is 32.4 Å². The highest BCUT2D eigenvalue weighted by molar-refractivity contribution is 5.79. The van der Waals surface area contributed by atoms with Gasteiger partial charge in [0.15, 0.2) is 5.96 Å². The molecule has 0 aliphatic heterocycles. The summed E-state index contributed by atoms with van der Waals surface area (Å²) >= 11 is 0. The van der Waals surface area contributed by atoms with Gasteiger partial charge < -0.3 is 20.1 Å². The van der Waals surface area contributed by atoms with Crippen LogP contribution in [0.1, 0.15) is 23.6 Å². The summed E-state index contributed by atoms with van der Waals surface area (Å²) in [5.41, 5.74) is 2.69. The maximum absolute atomic E-state index is 12.1. The zero-order chi connectivity index (χ0) is 21.1. The molecule has 0 fully saturated rings. The molecule has 0 saturated carbocycles. The maximum atomic E-state index is 12.1. The van der Waals surface area contributed by atoms with Gasteiger partial charge in [0.25, 0.3) is 0 Å². The molecule has 2 N–H and O–H groups in total. The van der Waals surface area contributed by atoms with Crippen molar-refractivity contribution in [3.8, 4) is 5.75 Å². The lowest BCUT2D eigenvalue weighted by Crippen LogP contribution is -2.36. The van der Waals surface area contributed by atoms with Crippen LogP contribution in [0, 0.1) is 0 Å². The van der Waals surface area contributed by atoms with Crippen LogP contribution in [0.5, 0.6) is 5.75 Å². The van der Waals surface area contributed by atoms with Gasteiger partial charge in [0.05, 0.1) is 13.2 Å². The first-order valence-corrected chi connectivity index (χ1v) is 9.29. The number of para-hydroxylation sites is 1. The molecule has 2 aromatic carbocycles. The number of alkyl halides is 3. The summed E-state index contributed by atoms with van der Waals surface area (Å²) in [7, 11) is 1.69. The fourth-order valence-electron chi connectivity index (χ4n) is 2.57. The predicted molar refractivity (Wildman–Crippen MR) is 107 cm³/mol. The first kappa shape index (κ1) is 22.5. The van der Waals surface area contributed by atoms with E-state index in [0.29, 0.717) is 31.2 Å². The molecule has 0 unspecified atom stereocenters. The predicted octanol–water partition coefficient (Wildman–Crippen LogP) is 4.03. The van der Waals surface area contributed by atoms with Gasteiger partial charge in [-0.3, -0.25) is 4.99 Å². The number of ether oxygens (including phenoxy) is 2. The van der Waals surface area contributed by atoms with Crippen LogP contribution in [0.4, 0.5) is 13.2 Å². The van der Waals surface area contributed by atoms with Crippen molar-refractivity contribution < 1.29 is 22.6 Å². The van der Waals surface area contributed by atoms with Gasteiger partial charge in [-0.15, -0.1) is 0 Å². The van der Waals surface area contributed by atoms with Crippen LogP contribution in [0.25, 0.3) is 0 Å². The highest BCUT2D eigenvalue weighted by Crippen LogP contribution is 2.17. The number of hydrogen-bond acceptors (Lipinski definition) is 3. The van der Waals surface area contributed by atoms with Crippen LogP contribution in [0.3, 0.4) is 0 Å². The van der Waals surface area contributed by atoms with E-state index in [1.54, 1.807) is 19.2 Å². The number of guanidine groups is 1. The van der Waals surface area contributed by atoms with Crippen molar-refractivity contribution in [1.29, 1.82) is 0 Å². The Kier molecular flexibility index (Phi) is 8.79. The van der Waals surface area contributed by atoms with Gasteiger partial charge in [0.2, 0.25) is 0 Å². The van der Waals surface area contributed by atoms with Gasteiger partial charge in [-0.1, -0.05) is 42.5 Å². The van der Waals surface area contributed by atoms with E-state index in [-0.39, 0.29) is 6.61 Å². The molecule has 0 spiro atoms. The fraction of sp³-hybridized carbons (Fsp3) is 0.381. The highest BCUT2D eigenvalue weighted by Gasteiger charge is 2.27. The molecular weight excluding hydrogens is 383 g/mol. The average Bonchev–Trinajstić information content (AvgIpc) is 2.69. The second kappa shape index (κ2) is 11.3. The maximum Gasteiger partial charge on any atom is 0.411 e. The molecule has 0 bridgehead atoms. The summed E-state index contributed by atoms with van der Waals surface area (Å²) in [5, 5.41) is 6.45. The zero-order valence-corrected chi connectivity index (χ0v) is 16.6. The SMILES string of the molecule is CCOc1ccccc1CNC(=NC)NCc1ccc(COCC(F)(F)F)cc1. The Labute approximate surface area is 168 Å². The van der Waals surface area contributed by atoms with E-state index in [2.05, 4.69) is 20.4 Å². The Morgan fingerprint density at radius 1 is 0.966 bits per heavy atom. The molecule has 2 aromatic rings. The summed E-state index contributed by atoms with van der Waals surface area (Å²) in [6.45, 7) is 2.31. The molecule has 0 aliphatic carbocycles. The fourth-order valence-corrected chi connectivity index (χ4v) is 2.57. The zero-order valence-electron chi connectivity index (χ0n) is 16.6. The number of rotatable bonds is 9. The van der Waals surface area contributed by atoms with Gasteiger partial charge in [0.1, 0.15) is 12.4 Å².